The second kappa shape index (κ2) is 9.95. The number of benzene rings is 2. The summed E-state index contributed by atoms with van der Waals surface area (Å²) in [5.74, 6) is 0.933. The van der Waals surface area contributed by atoms with Crippen molar-refractivity contribution >= 4 is 0 Å². The highest BCUT2D eigenvalue weighted by Crippen LogP contribution is 2.40. The molecule has 4 nitrogen and oxygen atoms in total. The SMILES string of the molecule is COc1cccc([C@]2(CN)CC[C@@H](NC3CCN(Cc4ccccc4)CC3)CC2)c1. The average Bonchev–Trinajstić information content (AvgIpc) is 2.82. The monoisotopic (exact) mass is 407 g/mol. The van der Waals surface area contributed by atoms with E-state index in [-0.39, 0.29) is 5.41 Å². The van der Waals surface area contributed by atoms with E-state index in [2.05, 4.69) is 58.7 Å². The largest absolute Gasteiger partial charge is 0.497 e. The molecule has 0 spiro atoms. The third kappa shape index (κ3) is 5.05. The van der Waals surface area contributed by atoms with Gasteiger partial charge in [-0.25, -0.2) is 0 Å². The van der Waals surface area contributed by atoms with Crippen LogP contribution in [-0.4, -0.2) is 43.7 Å². The number of methoxy groups -OCH3 is 1. The molecule has 0 radical (unpaired) electrons. The summed E-state index contributed by atoms with van der Waals surface area (Å²) in [4.78, 5) is 2.59. The van der Waals surface area contributed by atoms with Crippen LogP contribution in [0.2, 0.25) is 0 Å². The summed E-state index contributed by atoms with van der Waals surface area (Å²) in [6.07, 6.45) is 7.22. The Balaban J connectivity index is 1.26. The van der Waals surface area contributed by atoms with Crippen LogP contribution in [0.1, 0.15) is 49.7 Å². The molecule has 2 aliphatic rings. The number of nitrogens with one attached hydrogen (secondary N) is 1. The fraction of sp³-hybridized carbons (Fsp3) is 0.538. The molecule has 1 aliphatic heterocycles. The van der Waals surface area contributed by atoms with E-state index in [4.69, 9.17) is 10.5 Å². The summed E-state index contributed by atoms with van der Waals surface area (Å²) in [5.41, 5.74) is 9.17. The molecule has 0 atom stereocenters. The van der Waals surface area contributed by atoms with Gasteiger partial charge in [0.15, 0.2) is 0 Å². The molecule has 1 aliphatic carbocycles. The van der Waals surface area contributed by atoms with Gasteiger partial charge in [-0.1, -0.05) is 42.5 Å². The smallest absolute Gasteiger partial charge is 0.119 e. The second-order valence-electron chi connectivity index (χ2n) is 9.19. The molecular weight excluding hydrogens is 370 g/mol. The fourth-order valence-corrected chi connectivity index (χ4v) is 5.33. The van der Waals surface area contributed by atoms with Crippen LogP contribution >= 0.6 is 0 Å². The second-order valence-corrected chi connectivity index (χ2v) is 9.19. The highest BCUT2D eigenvalue weighted by atomic mass is 16.5. The maximum atomic E-state index is 6.30. The molecule has 4 rings (SSSR count). The molecule has 2 fully saturated rings. The van der Waals surface area contributed by atoms with E-state index < -0.39 is 0 Å². The molecule has 0 bridgehead atoms. The first kappa shape index (κ1) is 21.4. The Morgan fingerprint density at radius 2 is 1.67 bits per heavy atom. The number of nitrogens with two attached hydrogens (primary N) is 1. The van der Waals surface area contributed by atoms with Crippen molar-refractivity contribution in [3.05, 3.63) is 65.7 Å². The number of nitrogens with zero attached hydrogens (tertiary/aromatic N) is 1. The minimum Gasteiger partial charge on any atom is -0.497 e. The Morgan fingerprint density at radius 3 is 2.33 bits per heavy atom. The molecule has 0 amide bonds. The van der Waals surface area contributed by atoms with Crippen molar-refractivity contribution in [1.29, 1.82) is 0 Å². The van der Waals surface area contributed by atoms with Crippen LogP contribution in [0.15, 0.2) is 54.6 Å². The zero-order valence-electron chi connectivity index (χ0n) is 18.4. The summed E-state index contributed by atoms with van der Waals surface area (Å²) in [6, 6.07) is 20.6. The maximum Gasteiger partial charge on any atom is 0.119 e. The Labute approximate surface area is 181 Å². The van der Waals surface area contributed by atoms with Crippen LogP contribution in [-0.2, 0) is 12.0 Å². The standard InChI is InChI=1S/C26H37N3O/c1-30-25-9-5-8-22(18-25)26(20-27)14-10-23(11-15-26)28-24-12-16-29(17-13-24)19-21-6-3-2-4-7-21/h2-9,18,23-24,28H,10-17,19-20,27H2,1H3/t23-,26-. The number of hydrogen-bond donors (Lipinski definition) is 2. The third-order valence-corrected chi connectivity index (χ3v) is 7.32. The molecule has 2 aromatic rings. The highest BCUT2D eigenvalue weighted by Gasteiger charge is 2.36. The number of ether oxygens (including phenoxy) is 1. The summed E-state index contributed by atoms with van der Waals surface area (Å²) >= 11 is 0. The molecule has 0 unspecified atom stereocenters. The number of likely N-dealkylation sites (tertiary alicyclic amines) is 1. The quantitative estimate of drug-likeness (QED) is 0.726. The zero-order valence-corrected chi connectivity index (χ0v) is 18.4. The van der Waals surface area contributed by atoms with Gasteiger partial charge < -0.3 is 15.8 Å². The maximum absolute atomic E-state index is 6.30. The van der Waals surface area contributed by atoms with Crippen molar-refractivity contribution in [3.8, 4) is 5.75 Å². The lowest BCUT2D eigenvalue weighted by molar-refractivity contribution is 0.168. The van der Waals surface area contributed by atoms with Crippen LogP contribution in [0.3, 0.4) is 0 Å². The van der Waals surface area contributed by atoms with Gasteiger partial charge in [0.1, 0.15) is 5.75 Å². The van der Waals surface area contributed by atoms with E-state index in [1.807, 2.05) is 6.07 Å². The minimum atomic E-state index is 0.103. The van der Waals surface area contributed by atoms with E-state index in [1.165, 1.54) is 49.9 Å². The van der Waals surface area contributed by atoms with Gasteiger partial charge in [-0.15, -0.1) is 0 Å². The molecule has 0 aromatic heterocycles. The van der Waals surface area contributed by atoms with Crippen LogP contribution in [0, 0.1) is 0 Å². The van der Waals surface area contributed by atoms with Crippen LogP contribution in [0.5, 0.6) is 5.75 Å². The molecule has 2 aromatic carbocycles. The fourth-order valence-electron chi connectivity index (χ4n) is 5.33. The predicted octanol–water partition coefficient (Wildman–Crippen LogP) is 4.09. The highest BCUT2D eigenvalue weighted by molar-refractivity contribution is 5.35. The third-order valence-electron chi connectivity index (χ3n) is 7.32. The number of piperidine rings is 1. The van der Waals surface area contributed by atoms with E-state index in [0.29, 0.717) is 18.6 Å². The van der Waals surface area contributed by atoms with Crippen molar-refractivity contribution in [2.24, 2.45) is 5.73 Å². The van der Waals surface area contributed by atoms with Gasteiger partial charge in [0.2, 0.25) is 0 Å². The van der Waals surface area contributed by atoms with Crippen LogP contribution in [0.25, 0.3) is 0 Å². The summed E-state index contributed by atoms with van der Waals surface area (Å²) in [7, 11) is 1.74. The van der Waals surface area contributed by atoms with Crippen molar-refractivity contribution in [1.82, 2.24) is 10.2 Å². The zero-order chi connectivity index (χ0) is 20.8. The average molecular weight is 408 g/mol. The van der Waals surface area contributed by atoms with Gasteiger partial charge in [0.05, 0.1) is 7.11 Å². The molecule has 1 saturated heterocycles. The van der Waals surface area contributed by atoms with Gasteiger partial charge >= 0.3 is 0 Å². The summed E-state index contributed by atoms with van der Waals surface area (Å²) in [5, 5.41) is 3.99. The van der Waals surface area contributed by atoms with Gasteiger partial charge in [0.25, 0.3) is 0 Å². The van der Waals surface area contributed by atoms with Gasteiger partial charge in [-0.05, 0) is 74.9 Å². The van der Waals surface area contributed by atoms with Crippen molar-refractivity contribution in [2.75, 3.05) is 26.7 Å². The first-order valence-corrected chi connectivity index (χ1v) is 11.6. The van der Waals surface area contributed by atoms with E-state index in [1.54, 1.807) is 7.11 Å². The number of hydrogen-bond acceptors (Lipinski definition) is 4. The van der Waals surface area contributed by atoms with Crippen molar-refractivity contribution < 1.29 is 4.74 Å². The molecule has 162 valence electrons. The lowest BCUT2D eigenvalue weighted by Crippen LogP contribution is -2.49. The molecular formula is C26H37N3O. The lowest BCUT2D eigenvalue weighted by atomic mass is 9.68. The van der Waals surface area contributed by atoms with E-state index in [0.717, 1.165) is 25.1 Å². The van der Waals surface area contributed by atoms with E-state index in [9.17, 15) is 0 Å². The summed E-state index contributed by atoms with van der Waals surface area (Å²) < 4.78 is 5.45. The van der Waals surface area contributed by atoms with E-state index >= 15 is 0 Å². The van der Waals surface area contributed by atoms with Crippen LogP contribution in [0.4, 0.5) is 0 Å². The van der Waals surface area contributed by atoms with Crippen LogP contribution < -0.4 is 15.8 Å². The Hall–Kier alpha value is -1.88. The van der Waals surface area contributed by atoms with Gasteiger partial charge in [-0.2, -0.15) is 0 Å². The van der Waals surface area contributed by atoms with Gasteiger partial charge in [0, 0.05) is 30.6 Å². The lowest BCUT2D eigenvalue weighted by Gasteiger charge is -2.42. The molecule has 1 heterocycles. The number of rotatable bonds is 7. The molecule has 3 N–H and O–H groups in total. The molecule has 4 heteroatoms. The Morgan fingerprint density at radius 1 is 0.967 bits per heavy atom. The topological polar surface area (TPSA) is 50.5 Å². The Kier molecular flexibility index (Phi) is 7.08. The van der Waals surface area contributed by atoms with Crippen molar-refractivity contribution in [2.45, 2.75) is 62.6 Å². The predicted molar refractivity (Wildman–Crippen MR) is 124 cm³/mol. The molecule has 30 heavy (non-hydrogen) atoms. The van der Waals surface area contributed by atoms with Gasteiger partial charge in [-0.3, -0.25) is 4.90 Å². The first-order chi connectivity index (χ1) is 14.7. The minimum absolute atomic E-state index is 0.103. The molecule has 1 saturated carbocycles. The normalized spacial score (nSPS) is 25.9. The summed E-state index contributed by atoms with van der Waals surface area (Å²) in [6.45, 7) is 4.17. The van der Waals surface area contributed by atoms with Crippen molar-refractivity contribution in [3.63, 3.8) is 0 Å². The Bertz CT molecular complexity index is 778. The first-order valence-electron chi connectivity index (χ1n) is 11.6.